The average Bonchev–Trinajstić information content (AvgIpc) is 2.26. The van der Waals surface area contributed by atoms with Gasteiger partial charge in [0.05, 0.1) is 0 Å². The lowest BCUT2D eigenvalue weighted by Gasteiger charge is -2.11. The van der Waals surface area contributed by atoms with Gasteiger partial charge in [0.2, 0.25) is 0 Å². The van der Waals surface area contributed by atoms with Gasteiger partial charge in [-0.2, -0.15) is 0 Å². The van der Waals surface area contributed by atoms with Gasteiger partial charge in [0.15, 0.2) is 0 Å². The number of rotatable bonds is 4. The maximum atomic E-state index is 11.4. The highest BCUT2D eigenvalue weighted by molar-refractivity contribution is 5.89. The van der Waals surface area contributed by atoms with Gasteiger partial charge in [-0.05, 0) is 30.5 Å². The van der Waals surface area contributed by atoms with Crippen LogP contribution in [0.25, 0.3) is 0 Å². The highest BCUT2D eigenvalue weighted by atomic mass is 16.3. The van der Waals surface area contributed by atoms with E-state index in [2.05, 4.69) is 10.6 Å². The normalized spacial score (nSPS) is 11.9. The molecule has 1 atom stereocenters. The molecule has 4 nitrogen and oxygen atoms in total. The van der Waals surface area contributed by atoms with Crippen molar-refractivity contribution in [1.29, 1.82) is 0 Å². The van der Waals surface area contributed by atoms with E-state index in [1.165, 1.54) is 0 Å². The smallest absolute Gasteiger partial charge is 0.319 e. The monoisotopic (exact) mass is 222 g/mol. The second-order valence-corrected chi connectivity index (χ2v) is 3.99. The molecular weight excluding hydrogens is 204 g/mol. The average molecular weight is 222 g/mol. The Bertz CT molecular complexity index is 353. The lowest BCUT2D eigenvalue weighted by molar-refractivity contribution is 0.227. The molecule has 0 aliphatic heterocycles. The number of aliphatic hydroxyl groups excluding tert-OH is 1. The maximum absolute atomic E-state index is 11.4. The Morgan fingerprint density at radius 3 is 2.88 bits per heavy atom. The molecule has 1 aromatic rings. The largest absolute Gasteiger partial charge is 0.396 e. The molecule has 0 aliphatic rings. The van der Waals surface area contributed by atoms with Gasteiger partial charge in [0.1, 0.15) is 0 Å². The molecular formula is C12H18N2O2. The summed E-state index contributed by atoms with van der Waals surface area (Å²) in [6, 6.07) is 7.35. The third kappa shape index (κ3) is 4.31. The van der Waals surface area contributed by atoms with Crippen molar-refractivity contribution in [2.45, 2.75) is 13.8 Å². The number of carbonyl (C=O) groups excluding carboxylic acids is 1. The predicted molar refractivity (Wildman–Crippen MR) is 64.5 cm³/mol. The van der Waals surface area contributed by atoms with Crippen molar-refractivity contribution in [3.63, 3.8) is 0 Å². The summed E-state index contributed by atoms with van der Waals surface area (Å²) in [5, 5.41) is 14.2. The van der Waals surface area contributed by atoms with Gasteiger partial charge in [-0.25, -0.2) is 4.79 Å². The van der Waals surface area contributed by atoms with E-state index in [4.69, 9.17) is 5.11 Å². The van der Waals surface area contributed by atoms with Crippen molar-refractivity contribution in [3.05, 3.63) is 29.8 Å². The van der Waals surface area contributed by atoms with Crippen LogP contribution in [0.1, 0.15) is 12.5 Å². The van der Waals surface area contributed by atoms with Crippen LogP contribution in [0.4, 0.5) is 10.5 Å². The standard InChI is InChI=1S/C12H18N2O2/c1-9-4-3-5-11(6-9)14-12(16)13-7-10(2)8-15/h3-6,10,15H,7-8H2,1-2H3,(H2,13,14,16). The Labute approximate surface area is 95.7 Å². The molecule has 0 heterocycles. The fraction of sp³-hybridized carbons (Fsp3) is 0.417. The van der Waals surface area contributed by atoms with Gasteiger partial charge in [-0.3, -0.25) is 0 Å². The van der Waals surface area contributed by atoms with Crippen molar-refractivity contribution >= 4 is 11.7 Å². The number of aryl methyl sites for hydroxylation is 1. The van der Waals surface area contributed by atoms with Crippen LogP contribution < -0.4 is 10.6 Å². The minimum Gasteiger partial charge on any atom is -0.396 e. The van der Waals surface area contributed by atoms with Gasteiger partial charge >= 0.3 is 6.03 Å². The molecule has 0 saturated heterocycles. The first-order chi connectivity index (χ1) is 7.61. The molecule has 0 bridgehead atoms. The Hall–Kier alpha value is -1.55. The zero-order chi connectivity index (χ0) is 12.0. The molecule has 1 rings (SSSR count). The molecule has 2 amide bonds. The van der Waals surface area contributed by atoms with E-state index >= 15 is 0 Å². The molecule has 0 fully saturated rings. The van der Waals surface area contributed by atoms with E-state index in [1.54, 1.807) is 0 Å². The van der Waals surface area contributed by atoms with E-state index in [0.29, 0.717) is 6.54 Å². The number of amides is 2. The van der Waals surface area contributed by atoms with Gasteiger partial charge < -0.3 is 15.7 Å². The molecule has 1 unspecified atom stereocenters. The fourth-order valence-electron chi connectivity index (χ4n) is 1.23. The zero-order valence-electron chi connectivity index (χ0n) is 9.66. The number of hydrogen-bond donors (Lipinski definition) is 3. The second kappa shape index (κ2) is 6.12. The third-order valence-corrected chi connectivity index (χ3v) is 2.20. The summed E-state index contributed by atoms with van der Waals surface area (Å²) in [7, 11) is 0. The topological polar surface area (TPSA) is 61.4 Å². The third-order valence-electron chi connectivity index (χ3n) is 2.20. The van der Waals surface area contributed by atoms with Crippen LogP contribution in [-0.2, 0) is 0 Å². The SMILES string of the molecule is Cc1cccc(NC(=O)NCC(C)CO)c1. The number of carbonyl (C=O) groups is 1. The number of anilines is 1. The number of nitrogens with one attached hydrogen (secondary N) is 2. The molecule has 16 heavy (non-hydrogen) atoms. The zero-order valence-corrected chi connectivity index (χ0v) is 9.66. The van der Waals surface area contributed by atoms with Gasteiger partial charge in [-0.15, -0.1) is 0 Å². The van der Waals surface area contributed by atoms with E-state index in [0.717, 1.165) is 11.3 Å². The molecule has 88 valence electrons. The van der Waals surface area contributed by atoms with E-state index < -0.39 is 0 Å². The fourth-order valence-corrected chi connectivity index (χ4v) is 1.23. The highest BCUT2D eigenvalue weighted by Crippen LogP contribution is 2.08. The number of aliphatic hydroxyl groups is 1. The van der Waals surface area contributed by atoms with Crippen molar-refractivity contribution in [3.8, 4) is 0 Å². The molecule has 4 heteroatoms. The Balaban J connectivity index is 2.40. The summed E-state index contributed by atoms with van der Waals surface area (Å²) in [6.07, 6.45) is 0. The van der Waals surface area contributed by atoms with Crippen LogP contribution in [0.5, 0.6) is 0 Å². The number of hydrogen-bond acceptors (Lipinski definition) is 2. The van der Waals surface area contributed by atoms with Crippen molar-refractivity contribution < 1.29 is 9.90 Å². The summed E-state index contributed by atoms with van der Waals surface area (Å²) in [6.45, 7) is 4.38. The summed E-state index contributed by atoms with van der Waals surface area (Å²) in [4.78, 5) is 11.4. The summed E-state index contributed by atoms with van der Waals surface area (Å²) in [5.41, 5.74) is 1.87. The van der Waals surface area contributed by atoms with Crippen LogP contribution in [0.15, 0.2) is 24.3 Å². The first kappa shape index (κ1) is 12.5. The molecule has 0 radical (unpaired) electrons. The molecule has 0 aliphatic carbocycles. The quantitative estimate of drug-likeness (QED) is 0.726. The van der Waals surface area contributed by atoms with Crippen molar-refractivity contribution in [2.24, 2.45) is 5.92 Å². The lowest BCUT2D eigenvalue weighted by Crippen LogP contribution is -2.33. The van der Waals surface area contributed by atoms with Crippen molar-refractivity contribution in [2.75, 3.05) is 18.5 Å². The number of benzene rings is 1. The summed E-state index contributed by atoms with van der Waals surface area (Å²) < 4.78 is 0. The Morgan fingerprint density at radius 2 is 2.25 bits per heavy atom. The molecule has 1 aromatic carbocycles. The summed E-state index contributed by atoms with van der Waals surface area (Å²) >= 11 is 0. The lowest BCUT2D eigenvalue weighted by atomic mass is 10.2. The van der Waals surface area contributed by atoms with Crippen LogP contribution >= 0.6 is 0 Å². The van der Waals surface area contributed by atoms with Gasteiger partial charge in [-0.1, -0.05) is 19.1 Å². The maximum Gasteiger partial charge on any atom is 0.319 e. The molecule has 0 saturated carbocycles. The minimum atomic E-state index is -0.245. The Morgan fingerprint density at radius 1 is 1.50 bits per heavy atom. The first-order valence-electron chi connectivity index (χ1n) is 5.34. The second-order valence-electron chi connectivity index (χ2n) is 3.99. The summed E-state index contributed by atoms with van der Waals surface area (Å²) in [5.74, 6) is 0.0725. The van der Waals surface area contributed by atoms with Gasteiger partial charge in [0, 0.05) is 18.8 Å². The van der Waals surface area contributed by atoms with Gasteiger partial charge in [0.25, 0.3) is 0 Å². The Kier molecular flexibility index (Phi) is 4.79. The first-order valence-corrected chi connectivity index (χ1v) is 5.34. The van der Waals surface area contributed by atoms with Crippen LogP contribution in [0, 0.1) is 12.8 Å². The molecule has 0 aromatic heterocycles. The highest BCUT2D eigenvalue weighted by Gasteiger charge is 2.04. The number of urea groups is 1. The van der Waals surface area contributed by atoms with E-state index in [1.807, 2.05) is 38.1 Å². The van der Waals surface area contributed by atoms with Crippen LogP contribution in [0.2, 0.25) is 0 Å². The van der Waals surface area contributed by atoms with E-state index in [-0.39, 0.29) is 18.6 Å². The van der Waals surface area contributed by atoms with Crippen LogP contribution in [-0.4, -0.2) is 24.3 Å². The van der Waals surface area contributed by atoms with E-state index in [9.17, 15) is 4.79 Å². The molecule has 3 N–H and O–H groups in total. The minimum absolute atomic E-state index is 0.0725. The van der Waals surface area contributed by atoms with Crippen LogP contribution in [0.3, 0.4) is 0 Å². The van der Waals surface area contributed by atoms with Crippen molar-refractivity contribution in [1.82, 2.24) is 5.32 Å². The molecule has 0 spiro atoms. The predicted octanol–water partition coefficient (Wildman–Crippen LogP) is 1.74.